The van der Waals surface area contributed by atoms with Crippen molar-refractivity contribution in [2.75, 3.05) is 39.8 Å². The first-order valence-corrected chi connectivity index (χ1v) is 8.30. The van der Waals surface area contributed by atoms with Crippen LogP contribution in [0.25, 0.3) is 0 Å². The van der Waals surface area contributed by atoms with Crippen molar-refractivity contribution in [1.29, 1.82) is 0 Å². The molecule has 3 heteroatoms. The number of benzene rings is 1. The van der Waals surface area contributed by atoms with Crippen LogP contribution in [-0.4, -0.2) is 55.7 Å². The average Bonchev–Trinajstić information content (AvgIpc) is 2.50. The second-order valence-electron chi connectivity index (χ2n) is 6.24. The van der Waals surface area contributed by atoms with E-state index in [0.717, 1.165) is 39.1 Å². The Bertz CT molecular complexity index is 387. The van der Waals surface area contributed by atoms with E-state index in [1.165, 1.54) is 12.0 Å². The molecule has 2 atom stereocenters. The molecule has 2 unspecified atom stereocenters. The smallest absolute Gasteiger partial charge is 0.0955 e. The van der Waals surface area contributed by atoms with Gasteiger partial charge in [0.1, 0.15) is 0 Å². The van der Waals surface area contributed by atoms with Crippen LogP contribution in [0.3, 0.4) is 0 Å². The number of hydrogen-bond donors (Lipinski definition) is 0. The van der Waals surface area contributed by atoms with Gasteiger partial charge < -0.3 is 9.64 Å². The van der Waals surface area contributed by atoms with Crippen molar-refractivity contribution in [2.24, 2.45) is 0 Å². The molecule has 3 nitrogen and oxygen atoms in total. The van der Waals surface area contributed by atoms with Gasteiger partial charge in [0.15, 0.2) is 0 Å². The van der Waals surface area contributed by atoms with Crippen LogP contribution in [-0.2, 0) is 4.74 Å². The average molecular weight is 290 g/mol. The molecule has 0 saturated carbocycles. The number of nitrogens with zero attached hydrogens (tertiary/aromatic N) is 2. The lowest BCUT2D eigenvalue weighted by atomic mass is 10.1. The fraction of sp³-hybridized carbons (Fsp3) is 0.667. The summed E-state index contributed by atoms with van der Waals surface area (Å²) in [6.45, 7) is 10.0. The van der Waals surface area contributed by atoms with E-state index in [-0.39, 0.29) is 6.10 Å². The van der Waals surface area contributed by atoms with E-state index >= 15 is 0 Å². The van der Waals surface area contributed by atoms with E-state index in [0.29, 0.717) is 6.10 Å². The summed E-state index contributed by atoms with van der Waals surface area (Å²) in [6.07, 6.45) is 2.83. The first-order valence-electron chi connectivity index (χ1n) is 8.30. The molecule has 1 fully saturated rings. The van der Waals surface area contributed by atoms with Gasteiger partial charge in [-0.1, -0.05) is 43.7 Å². The fourth-order valence-electron chi connectivity index (χ4n) is 2.91. The molecule has 0 bridgehead atoms. The molecule has 21 heavy (non-hydrogen) atoms. The second-order valence-corrected chi connectivity index (χ2v) is 6.24. The highest BCUT2D eigenvalue weighted by Crippen LogP contribution is 2.22. The Morgan fingerprint density at radius 2 is 1.76 bits per heavy atom. The Labute approximate surface area is 129 Å². The number of likely N-dealkylation sites (N-methyl/N-ethyl adjacent to an activating group) is 1. The number of ether oxygens (including phenoxy) is 1. The quantitative estimate of drug-likeness (QED) is 0.767. The van der Waals surface area contributed by atoms with Gasteiger partial charge >= 0.3 is 0 Å². The first kappa shape index (κ1) is 16.5. The van der Waals surface area contributed by atoms with Gasteiger partial charge in [-0.3, -0.25) is 4.90 Å². The summed E-state index contributed by atoms with van der Waals surface area (Å²) in [5.74, 6) is 0. The Morgan fingerprint density at radius 3 is 2.38 bits per heavy atom. The molecule has 1 aliphatic rings. The van der Waals surface area contributed by atoms with Crippen molar-refractivity contribution in [3.8, 4) is 0 Å². The van der Waals surface area contributed by atoms with Crippen LogP contribution in [0.4, 0.5) is 0 Å². The maximum Gasteiger partial charge on any atom is 0.0955 e. The number of hydrogen-bond acceptors (Lipinski definition) is 3. The fourth-order valence-corrected chi connectivity index (χ4v) is 2.91. The standard InChI is InChI=1S/C18H30N2O/c1-4-8-16(2)21-18(17-9-6-5-7-10-17)15-20-13-11-19(3)12-14-20/h5-7,9-10,16,18H,4,8,11-15H2,1-3H3. The predicted molar refractivity (Wildman–Crippen MR) is 88.6 cm³/mol. The summed E-state index contributed by atoms with van der Waals surface area (Å²) in [5.41, 5.74) is 1.30. The Kier molecular flexibility index (Phi) is 6.68. The summed E-state index contributed by atoms with van der Waals surface area (Å²) in [5, 5.41) is 0. The minimum absolute atomic E-state index is 0.191. The van der Waals surface area contributed by atoms with Gasteiger partial charge in [-0.05, 0) is 26.0 Å². The molecular weight excluding hydrogens is 260 g/mol. The highest BCUT2D eigenvalue weighted by Gasteiger charge is 2.21. The summed E-state index contributed by atoms with van der Waals surface area (Å²) in [4.78, 5) is 4.94. The molecular formula is C18H30N2O. The number of rotatable bonds is 7. The van der Waals surface area contributed by atoms with Crippen molar-refractivity contribution in [3.63, 3.8) is 0 Å². The molecule has 0 amide bonds. The highest BCUT2D eigenvalue weighted by atomic mass is 16.5. The van der Waals surface area contributed by atoms with E-state index in [1.54, 1.807) is 0 Å². The summed E-state index contributed by atoms with van der Waals surface area (Å²) in [6, 6.07) is 10.7. The van der Waals surface area contributed by atoms with Crippen LogP contribution in [0.15, 0.2) is 30.3 Å². The zero-order chi connectivity index (χ0) is 15.1. The van der Waals surface area contributed by atoms with Gasteiger partial charge in [-0.2, -0.15) is 0 Å². The van der Waals surface area contributed by atoms with E-state index in [2.05, 4.69) is 61.0 Å². The van der Waals surface area contributed by atoms with E-state index in [4.69, 9.17) is 4.74 Å². The van der Waals surface area contributed by atoms with Crippen LogP contribution < -0.4 is 0 Å². The van der Waals surface area contributed by atoms with E-state index in [1.807, 2.05) is 0 Å². The zero-order valence-electron chi connectivity index (χ0n) is 13.8. The number of piperazine rings is 1. The molecule has 1 heterocycles. The molecule has 1 aliphatic heterocycles. The van der Waals surface area contributed by atoms with E-state index in [9.17, 15) is 0 Å². The SMILES string of the molecule is CCCC(C)OC(CN1CCN(C)CC1)c1ccccc1. The lowest BCUT2D eigenvalue weighted by molar-refractivity contribution is -0.0311. The zero-order valence-corrected chi connectivity index (χ0v) is 13.8. The lowest BCUT2D eigenvalue weighted by Gasteiger charge is -2.35. The van der Waals surface area contributed by atoms with Gasteiger partial charge in [0.2, 0.25) is 0 Å². The summed E-state index contributed by atoms with van der Waals surface area (Å²) < 4.78 is 6.35. The topological polar surface area (TPSA) is 15.7 Å². The van der Waals surface area contributed by atoms with Gasteiger partial charge in [-0.15, -0.1) is 0 Å². The summed E-state index contributed by atoms with van der Waals surface area (Å²) in [7, 11) is 2.20. The molecule has 1 aromatic carbocycles. The molecule has 0 N–H and O–H groups in total. The second kappa shape index (κ2) is 8.52. The lowest BCUT2D eigenvalue weighted by Crippen LogP contribution is -2.46. The Balaban J connectivity index is 1.98. The third-order valence-electron chi connectivity index (χ3n) is 4.28. The Morgan fingerprint density at radius 1 is 1.10 bits per heavy atom. The maximum absolute atomic E-state index is 6.35. The summed E-state index contributed by atoms with van der Waals surface area (Å²) >= 11 is 0. The first-order chi connectivity index (χ1) is 10.2. The molecule has 1 saturated heterocycles. The minimum atomic E-state index is 0.191. The van der Waals surface area contributed by atoms with Crippen LogP contribution in [0.2, 0.25) is 0 Å². The van der Waals surface area contributed by atoms with Crippen molar-refractivity contribution < 1.29 is 4.74 Å². The van der Waals surface area contributed by atoms with E-state index < -0.39 is 0 Å². The molecule has 0 spiro atoms. The van der Waals surface area contributed by atoms with Gasteiger partial charge in [-0.25, -0.2) is 0 Å². The van der Waals surface area contributed by atoms with Crippen molar-refractivity contribution in [3.05, 3.63) is 35.9 Å². The largest absolute Gasteiger partial charge is 0.369 e. The van der Waals surface area contributed by atoms with Crippen LogP contribution >= 0.6 is 0 Å². The van der Waals surface area contributed by atoms with Gasteiger partial charge in [0.25, 0.3) is 0 Å². The third-order valence-corrected chi connectivity index (χ3v) is 4.28. The van der Waals surface area contributed by atoms with Crippen LogP contribution in [0.1, 0.15) is 38.4 Å². The van der Waals surface area contributed by atoms with Crippen molar-refractivity contribution >= 4 is 0 Å². The van der Waals surface area contributed by atoms with Crippen LogP contribution in [0.5, 0.6) is 0 Å². The molecule has 0 radical (unpaired) electrons. The molecule has 2 rings (SSSR count). The van der Waals surface area contributed by atoms with Crippen LogP contribution in [0, 0.1) is 0 Å². The molecule has 118 valence electrons. The molecule has 0 aromatic heterocycles. The van der Waals surface area contributed by atoms with Crippen molar-refractivity contribution in [2.45, 2.75) is 38.9 Å². The molecule has 0 aliphatic carbocycles. The van der Waals surface area contributed by atoms with Gasteiger partial charge in [0, 0.05) is 32.7 Å². The van der Waals surface area contributed by atoms with Crippen molar-refractivity contribution in [1.82, 2.24) is 9.80 Å². The third kappa shape index (κ3) is 5.42. The molecule has 1 aromatic rings. The highest BCUT2D eigenvalue weighted by molar-refractivity contribution is 5.18. The normalized spacial score (nSPS) is 20.3. The predicted octanol–water partition coefficient (Wildman–Crippen LogP) is 3.18. The minimum Gasteiger partial charge on any atom is -0.369 e. The monoisotopic (exact) mass is 290 g/mol. The van der Waals surface area contributed by atoms with Gasteiger partial charge in [0.05, 0.1) is 12.2 Å². The Hall–Kier alpha value is -0.900. The maximum atomic E-state index is 6.35.